The maximum Gasteiger partial charge on any atom is 0.409 e. The maximum absolute atomic E-state index is 12.4. The van der Waals surface area contributed by atoms with Crippen LogP contribution >= 0.6 is 22.6 Å². The number of aryl methyl sites for hydroxylation is 1. The van der Waals surface area contributed by atoms with E-state index in [0.29, 0.717) is 31.9 Å². The van der Waals surface area contributed by atoms with Crippen LogP contribution in [0.2, 0.25) is 0 Å². The molecule has 0 bridgehead atoms. The number of nitrogens with zero attached hydrogens (tertiary/aromatic N) is 3. The molecule has 0 saturated carbocycles. The third-order valence-electron chi connectivity index (χ3n) is 3.86. The van der Waals surface area contributed by atoms with Crippen LogP contribution in [-0.4, -0.2) is 55.1 Å². The molecule has 8 heteroatoms. The van der Waals surface area contributed by atoms with Gasteiger partial charge in [0.1, 0.15) is 11.6 Å². The zero-order valence-electron chi connectivity index (χ0n) is 14.1. The number of halogens is 1. The summed E-state index contributed by atoms with van der Waals surface area (Å²) in [5.74, 6) is -0.442. The molecule has 2 rings (SSSR count). The number of nitriles is 1. The van der Waals surface area contributed by atoms with Gasteiger partial charge in [-0.15, -0.1) is 0 Å². The van der Waals surface area contributed by atoms with Crippen molar-refractivity contribution >= 4 is 40.3 Å². The van der Waals surface area contributed by atoms with Crippen LogP contribution in [0.25, 0.3) is 0 Å². The third-order valence-corrected chi connectivity index (χ3v) is 4.53. The number of carbonyl (C=O) groups is 2. The van der Waals surface area contributed by atoms with Crippen LogP contribution in [0, 0.1) is 21.8 Å². The smallest absolute Gasteiger partial charge is 0.409 e. The zero-order valence-corrected chi connectivity index (χ0v) is 16.2. The molecule has 0 radical (unpaired) electrons. The minimum absolute atomic E-state index is 0.0319. The Labute approximate surface area is 160 Å². The van der Waals surface area contributed by atoms with Gasteiger partial charge in [-0.1, -0.05) is 0 Å². The lowest BCUT2D eigenvalue weighted by atomic mass is 10.2. The maximum atomic E-state index is 12.4. The Hall–Kier alpha value is -2.28. The molecule has 1 aliphatic rings. The summed E-state index contributed by atoms with van der Waals surface area (Å²) in [5.41, 5.74) is 1.65. The molecular formula is C17H19IN4O3. The van der Waals surface area contributed by atoms with Gasteiger partial charge in [0.25, 0.3) is 5.91 Å². The van der Waals surface area contributed by atoms with Crippen LogP contribution in [0.4, 0.5) is 10.5 Å². The zero-order chi connectivity index (χ0) is 18.4. The second-order valence-electron chi connectivity index (χ2n) is 5.56. The number of benzene rings is 1. The number of ether oxygens (including phenoxy) is 1. The Morgan fingerprint density at radius 3 is 2.56 bits per heavy atom. The van der Waals surface area contributed by atoms with Gasteiger partial charge in [0, 0.05) is 41.6 Å². The lowest BCUT2D eigenvalue weighted by Gasteiger charge is -2.33. The third kappa shape index (κ3) is 5.09. The largest absolute Gasteiger partial charge is 0.453 e. The number of rotatable bonds is 3. The van der Waals surface area contributed by atoms with Gasteiger partial charge in [0.2, 0.25) is 0 Å². The molecule has 1 saturated heterocycles. The number of hydrogen-bond donors (Lipinski definition) is 1. The topological polar surface area (TPSA) is 85.7 Å². The normalized spacial score (nSPS) is 14.7. The number of piperazine rings is 1. The Bertz CT molecular complexity index is 734. The first-order valence-corrected chi connectivity index (χ1v) is 8.79. The van der Waals surface area contributed by atoms with Gasteiger partial charge >= 0.3 is 6.09 Å². The van der Waals surface area contributed by atoms with Gasteiger partial charge in [-0.05, 0) is 53.3 Å². The Balaban J connectivity index is 2.01. The Morgan fingerprint density at radius 2 is 2.00 bits per heavy atom. The summed E-state index contributed by atoms with van der Waals surface area (Å²) in [6.45, 7) is 3.95. The van der Waals surface area contributed by atoms with Crippen molar-refractivity contribution in [3.63, 3.8) is 0 Å². The number of methoxy groups -OCH3 is 1. The van der Waals surface area contributed by atoms with Gasteiger partial charge in [-0.25, -0.2) is 4.79 Å². The lowest BCUT2D eigenvalue weighted by molar-refractivity contribution is -0.112. The van der Waals surface area contributed by atoms with Crippen LogP contribution in [-0.2, 0) is 9.53 Å². The summed E-state index contributed by atoms with van der Waals surface area (Å²) in [5, 5.41) is 12.1. The van der Waals surface area contributed by atoms with Crippen LogP contribution in [0.5, 0.6) is 0 Å². The van der Waals surface area contributed by atoms with Crippen molar-refractivity contribution in [2.24, 2.45) is 0 Å². The molecule has 1 fully saturated rings. The fraction of sp³-hybridized carbons (Fsp3) is 0.353. The summed E-state index contributed by atoms with van der Waals surface area (Å²) in [4.78, 5) is 27.3. The quantitative estimate of drug-likeness (QED) is 0.431. The molecule has 0 aliphatic carbocycles. The molecule has 7 nitrogen and oxygen atoms in total. The molecule has 0 spiro atoms. The fourth-order valence-electron chi connectivity index (χ4n) is 2.44. The molecule has 0 aromatic heterocycles. The molecule has 0 unspecified atom stereocenters. The van der Waals surface area contributed by atoms with Crippen LogP contribution in [0.3, 0.4) is 0 Å². The van der Waals surface area contributed by atoms with E-state index in [2.05, 4.69) is 32.6 Å². The second-order valence-corrected chi connectivity index (χ2v) is 6.81. The highest BCUT2D eigenvalue weighted by Crippen LogP contribution is 2.18. The molecular weight excluding hydrogens is 435 g/mol. The molecule has 132 valence electrons. The Morgan fingerprint density at radius 1 is 1.32 bits per heavy atom. The summed E-state index contributed by atoms with van der Waals surface area (Å²) < 4.78 is 5.76. The van der Waals surface area contributed by atoms with Gasteiger partial charge in [-0.3, -0.25) is 4.79 Å². The second kappa shape index (κ2) is 8.71. The van der Waals surface area contributed by atoms with Crippen molar-refractivity contribution in [2.75, 3.05) is 38.6 Å². The molecule has 0 atom stereocenters. The summed E-state index contributed by atoms with van der Waals surface area (Å²) in [6, 6.07) is 7.61. The van der Waals surface area contributed by atoms with Crippen LogP contribution in [0.15, 0.2) is 30.0 Å². The molecule has 1 aromatic carbocycles. The number of amides is 2. The first kappa shape index (κ1) is 19.1. The van der Waals surface area contributed by atoms with Crippen molar-refractivity contribution < 1.29 is 14.3 Å². The molecule has 1 N–H and O–H groups in total. The van der Waals surface area contributed by atoms with Gasteiger partial charge < -0.3 is 19.9 Å². The summed E-state index contributed by atoms with van der Waals surface area (Å²) in [6.07, 6.45) is 1.18. The number of nitrogens with one attached hydrogen (secondary N) is 1. The highest BCUT2D eigenvalue weighted by atomic mass is 127. The minimum atomic E-state index is -0.442. The van der Waals surface area contributed by atoms with Crippen molar-refractivity contribution in [2.45, 2.75) is 6.92 Å². The number of hydrogen-bond acceptors (Lipinski definition) is 5. The van der Waals surface area contributed by atoms with E-state index in [0.717, 1.165) is 9.13 Å². The Kier molecular flexibility index (Phi) is 6.64. The van der Waals surface area contributed by atoms with Crippen molar-refractivity contribution in [1.82, 2.24) is 9.80 Å². The molecule has 1 aromatic rings. The van der Waals surface area contributed by atoms with Crippen LogP contribution < -0.4 is 5.32 Å². The van der Waals surface area contributed by atoms with E-state index in [1.54, 1.807) is 11.1 Å². The lowest BCUT2D eigenvalue weighted by Crippen LogP contribution is -2.47. The fourth-order valence-corrected chi connectivity index (χ4v) is 3.09. The highest BCUT2D eigenvalue weighted by Gasteiger charge is 2.21. The average molecular weight is 454 g/mol. The first-order valence-electron chi connectivity index (χ1n) is 7.71. The predicted octanol–water partition coefficient (Wildman–Crippen LogP) is 2.33. The van der Waals surface area contributed by atoms with E-state index in [4.69, 9.17) is 0 Å². The predicted molar refractivity (Wildman–Crippen MR) is 102 cm³/mol. The van der Waals surface area contributed by atoms with Gasteiger partial charge in [-0.2, -0.15) is 5.26 Å². The molecule has 1 heterocycles. The standard InChI is InChI=1S/C17H19IN4O3/c1-12-9-14(18)3-4-15(12)20-16(23)13(10-19)11-21-5-7-22(8-6-21)17(24)25-2/h3-4,9,11H,5-8H2,1-2H3,(H,20,23)/b13-11-. The molecule has 2 amide bonds. The van der Waals surface area contributed by atoms with Crippen LogP contribution in [0.1, 0.15) is 5.56 Å². The van der Waals surface area contributed by atoms with E-state index >= 15 is 0 Å². The molecule has 25 heavy (non-hydrogen) atoms. The molecule has 1 aliphatic heterocycles. The van der Waals surface area contributed by atoms with Crippen molar-refractivity contribution in [3.05, 3.63) is 39.1 Å². The van der Waals surface area contributed by atoms with Crippen molar-refractivity contribution in [3.8, 4) is 6.07 Å². The van der Waals surface area contributed by atoms with Crippen molar-refractivity contribution in [1.29, 1.82) is 5.26 Å². The SMILES string of the molecule is COC(=O)N1CCN(/C=C(/C#N)C(=O)Nc2ccc(I)cc2C)CC1. The van der Waals surface area contributed by atoms with E-state index in [1.807, 2.05) is 36.1 Å². The average Bonchev–Trinajstić information content (AvgIpc) is 2.61. The highest BCUT2D eigenvalue weighted by molar-refractivity contribution is 14.1. The number of anilines is 1. The van der Waals surface area contributed by atoms with E-state index < -0.39 is 5.91 Å². The first-order chi connectivity index (χ1) is 11.9. The number of carbonyl (C=O) groups excluding carboxylic acids is 2. The summed E-state index contributed by atoms with van der Waals surface area (Å²) in [7, 11) is 1.35. The van der Waals surface area contributed by atoms with E-state index in [-0.39, 0.29) is 11.7 Å². The van der Waals surface area contributed by atoms with E-state index in [9.17, 15) is 14.9 Å². The monoisotopic (exact) mass is 454 g/mol. The van der Waals surface area contributed by atoms with Gasteiger partial charge in [0.15, 0.2) is 0 Å². The van der Waals surface area contributed by atoms with Gasteiger partial charge in [0.05, 0.1) is 7.11 Å². The van der Waals surface area contributed by atoms with E-state index in [1.165, 1.54) is 7.11 Å². The minimum Gasteiger partial charge on any atom is -0.453 e. The summed E-state index contributed by atoms with van der Waals surface area (Å²) >= 11 is 2.20.